The van der Waals surface area contributed by atoms with Crippen LogP contribution in [0.15, 0.2) is 77.6 Å². The number of carbonyl (C=O) groups excluding carboxylic acids is 1. The lowest BCUT2D eigenvalue weighted by Gasteiger charge is -2.18. The number of amides is 1. The van der Waals surface area contributed by atoms with Gasteiger partial charge in [0.15, 0.2) is 11.5 Å². The minimum absolute atomic E-state index is 0.101. The van der Waals surface area contributed by atoms with Gasteiger partial charge in [-0.15, -0.1) is 0 Å². The fraction of sp³-hybridized carbons (Fsp3) is 0.267. The second kappa shape index (κ2) is 11.8. The van der Waals surface area contributed by atoms with Gasteiger partial charge in [0.25, 0.3) is 11.5 Å². The van der Waals surface area contributed by atoms with E-state index in [4.69, 9.17) is 9.47 Å². The number of likely N-dealkylation sites (N-methyl/N-ethyl adjacent to an activating group) is 1. The van der Waals surface area contributed by atoms with Crippen molar-refractivity contribution in [1.82, 2.24) is 15.2 Å². The predicted octanol–water partition coefficient (Wildman–Crippen LogP) is 4.71. The van der Waals surface area contributed by atoms with Gasteiger partial charge in [-0.25, -0.2) is 0 Å². The van der Waals surface area contributed by atoms with E-state index in [-0.39, 0.29) is 11.6 Å². The smallest absolute Gasteiger partial charge is 0.261 e. The number of aromatic amines is 1. The van der Waals surface area contributed by atoms with Crippen LogP contribution in [0.1, 0.15) is 40.1 Å². The summed E-state index contributed by atoms with van der Waals surface area (Å²) in [6.45, 7) is 3.26. The summed E-state index contributed by atoms with van der Waals surface area (Å²) in [5.74, 6) is 1.01. The predicted molar refractivity (Wildman–Crippen MR) is 146 cm³/mol. The van der Waals surface area contributed by atoms with E-state index in [0.717, 1.165) is 40.6 Å². The molecule has 0 spiro atoms. The highest BCUT2D eigenvalue weighted by Crippen LogP contribution is 2.28. The van der Waals surface area contributed by atoms with Gasteiger partial charge in [-0.05, 0) is 66.6 Å². The Bertz CT molecular complexity index is 1440. The number of fused-ring (bicyclic) bond motifs is 1. The monoisotopic (exact) mass is 499 g/mol. The maximum Gasteiger partial charge on any atom is 0.261 e. The van der Waals surface area contributed by atoms with Crippen LogP contribution in [-0.2, 0) is 13.0 Å². The summed E-state index contributed by atoms with van der Waals surface area (Å²) in [5.41, 5.74) is 2.59. The molecule has 2 N–H and O–H groups in total. The number of carbonyl (C=O) groups is 1. The van der Waals surface area contributed by atoms with Crippen molar-refractivity contribution in [3.05, 3.63) is 106 Å². The second-order valence-electron chi connectivity index (χ2n) is 9.17. The first kappa shape index (κ1) is 26.0. The Labute approximate surface area is 217 Å². The molecule has 0 radical (unpaired) electrons. The molecule has 3 aromatic carbocycles. The van der Waals surface area contributed by atoms with E-state index in [1.807, 2.05) is 74.6 Å². The molecule has 1 heterocycles. The van der Waals surface area contributed by atoms with E-state index in [2.05, 4.69) is 15.2 Å². The number of benzene rings is 3. The molecule has 192 valence electrons. The number of aromatic nitrogens is 1. The summed E-state index contributed by atoms with van der Waals surface area (Å²) in [4.78, 5) is 30.6. The third kappa shape index (κ3) is 6.19. The number of H-pyrrole nitrogens is 1. The molecule has 37 heavy (non-hydrogen) atoms. The molecule has 0 unspecified atom stereocenters. The van der Waals surface area contributed by atoms with Crippen molar-refractivity contribution in [3.8, 4) is 11.5 Å². The van der Waals surface area contributed by atoms with Crippen LogP contribution in [0.25, 0.3) is 10.8 Å². The Morgan fingerprint density at radius 3 is 2.49 bits per heavy atom. The molecule has 4 rings (SSSR count). The van der Waals surface area contributed by atoms with E-state index in [1.54, 1.807) is 26.4 Å². The SMILES string of the molecule is COc1ccc(CCN(C)Cc2ccc(C(=O)N[C@@H](C)c3cccc4ccccc34)c(=O)[nH]2)cc1OC. The van der Waals surface area contributed by atoms with Crippen LogP contribution in [0.2, 0.25) is 0 Å². The summed E-state index contributed by atoms with van der Waals surface area (Å²) in [6.07, 6.45) is 0.813. The minimum Gasteiger partial charge on any atom is -0.493 e. The van der Waals surface area contributed by atoms with E-state index >= 15 is 0 Å². The van der Waals surface area contributed by atoms with Crippen LogP contribution in [0, 0.1) is 0 Å². The van der Waals surface area contributed by atoms with E-state index in [0.29, 0.717) is 18.0 Å². The number of nitrogens with one attached hydrogen (secondary N) is 2. The molecular formula is C30H33N3O4. The zero-order chi connectivity index (χ0) is 26.4. The van der Waals surface area contributed by atoms with Crippen molar-refractivity contribution in [2.75, 3.05) is 27.8 Å². The van der Waals surface area contributed by atoms with Gasteiger partial charge < -0.3 is 24.7 Å². The Morgan fingerprint density at radius 2 is 1.73 bits per heavy atom. The molecule has 1 aromatic heterocycles. The normalized spacial score (nSPS) is 11.9. The van der Waals surface area contributed by atoms with Crippen molar-refractivity contribution in [2.45, 2.75) is 25.9 Å². The lowest BCUT2D eigenvalue weighted by Crippen LogP contribution is -2.32. The van der Waals surface area contributed by atoms with Gasteiger partial charge in [0.2, 0.25) is 0 Å². The van der Waals surface area contributed by atoms with Gasteiger partial charge in [0, 0.05) is 18.8 Å². The summed E-state index contributed by atoms with van der Waals surface area (Å²) < 4.78 is 10.7. The van der Waals surface area contributed by atoms with Gasteiger partial charge in [-0.1, -0.05) is 48.5 Å². The Hall–Kier alpha value is -4.10. The summed E-state index contributed by atoms with van der Waals surface area (Å²) in [6, 6.07) is 23.1. The van der Waals surface area contributed by atoms with Gasteiger partial charge in [-0.3, -0.25) is 9.59 Å². The van der Waals surface area contributed by atoms with Crippen molar-refractivity contribution < 1.29 is 14.3 Å². The molecule has 1 atom stereocenters. The Balaban J connectivity index is 1.37. The van der Waals surface area contributed by atoms with Crippen molar-refractivity contribution in [3.63, 3.8) is 0 Å². The molecule has 0 saturated carbocycles. The van der Waals surface area contributed by atoms with Crippen molar-refractivity contribution >= 4 is 16.7 Å². The van der Waals surface area contributed by atoms with Crippen LogP contribution >= 0.6 is 0 Å². The van der Waals surface area contributed by atoms with Crippen LogP contribution < -0.4 is 20.3 Å². The Morgan fingerprint density at radius 1 is 0.973 bits per heavy atom. The molecule has 7 heteroatoms. The molecule has 0 bridgehead atoms. The van der Waals surface area contributed by atoms with Crippen LogP contribution in [0.4, 0.5) is 0 Å². The fourth-order valence-corrected chi connectivity index (χ4v) is 4.49. The molecule has 0 fully saturated rings. The van der Waals surface area contributed by atoms with E-state index in [9.17, 15) is 9.59 Å². The van der Waals surface area contributed by atoms with Crippen molar-refractivity contribution in [2.24, 2.45) is 0 Å². The second-order valence-corrected chi connectivity index (χ2v) is 9.17. The number of hydrogen-bond donors (Lipinski definition) is 2. The molecule has 0 saturated heterocycles. The first-order chi connectivity index (χ1) is 17.9. The number of ether oxygens (including phenoxy) is 2. The minimum atomic E-state index is -0.395. The molecule has 0 aliphatic carbocycles. The first-order valence-electron chi connectivity index (χ1n) is 12.3. The van der Waals surface area contributed by atoms with Crippen LogP contribution in [0.3, 0.4) is 0 Å². The highest BCUT2D eigenvalue weighted by molar-refractivity contribution is 5.94. The summed E-state index contributed by atoms with van der Waals surface area (Å²) in [7, 11) is 5.23. The lowest BCUT2D eigenvalue weighted by atomic mass is 9.99. The average molecular weight is 500 g/mol. The highest BCUT2D eigenvalue weighted by atomic mass is 16.5. The topological polar surface area (TPSA) is 83.7 Å². The molecule has 4 aromatic rings. The maximum absolute atomic E-state index is 12.9. The van der Waals surface area contributed by atoms with Gasteiger partial charge in [0.05, 0.1) is 20.3 Å². The highest BCUT2D eigenvalue weighted by Gasteiger charge is 2.17. The number of rotatable bonds is 10. The quantitative estimate of drug-likeness (QED) is 0.330. The standard InChI is InChI=1S/C30H33N3O4/c1-20(24-11-7-9-22-8-5-6-10-25(22)24)31-29(34)26-14-13-23(32-30(26)35)19-33(2)17-16-21-12-15-27(36-3)28(18-21)37-4/h5-15,18,20H,16-17,19H2,1-4H3,(H,31,34)(H,32,35)/t20-/m0/s1. The van der Waals surface area contributed by atoms with Gasteiger partial charge in [-0.2, -0.15) is 0 Å². The largest absolute Gasteiger partial charge is 0.493 e. The number of methoxy groups -OCH3 is 2. The third-order valence-corrected chi connectivity index (χ3v) is 6.52. The Kier molecular flexibility index (Phi) is 8.25. The molecule has 1 amide bonds. The van der Waals surface area contributed by atoms with Crippen LogP contribution in [0.5, 0.6) is 11.5 Å². The van der Waals surface area contributed by atoms with E-state index < -0.39 is 11.5 Å². The average Bonchev–Trinajstić information content (AvgIpc) is 2.91. The fourth-order valence-electron chi connectivity index (χ4n) is 4.49. The van der Waals surface area contributed by atoms with Gasteiger partial charge in [0.1, 0.15) is 5.56 Å². The zero-order valence-corrected chi connectivity index (χ0v) is 21.7. The first-order valence-corrected chi connectivity index (χ1v) is 12.3. The molecular weight excluding hydrogens is 466 g/mol. The van der Waals surface area contributed by atoms with Gasteiger partial charge >= 0.3 is 0 Å². The number of nitrogens with zero attached hydrogens (tertiary/aromatic N) is 1. The molecule has 0 aliphatic heterocycles. The number of hydrogen-bond acceptors (Lipinski definition) is 5. The maximum atomic E-state index is 12.9. The zero-order valence-electron chi connectivity index (χ0n) is 21.7. The molecule has 0 aliphatic rings. The lowest BCUT2D eigenvalue weighted by molar-refractivity contribution is 0.0938. The summed E-state index contributed by atoms with van der Waals surface area (Å²) in [5, 5.41) is 5.16. The summed E-state index contributed by atoms with van der Waals surface area (Å²) >= 11 is 0. The van der Waals surface area contributed by atoms with E-state index in [1.165, 1.54) is 0 Å². The van der Waals surface area contributed by atoms with Crippen LogP contribution in [-0.4, -0.2) is 43.6 Å². The molecule has 7 nitrogen and oxygen atoms in total. The van der Waals surface area contributed by atoms with Crippen molar-refractivity contribution in [1.29, 1.82) is 0 Å². The third-order valence-electron chi connectivity index (χ3n) is 6.52. The number of pyridine rings is 1.